The van der Waals surface area contributed by atoms with Gasteiger partial charge in [0.25, 0.3) is 11.6 Å². The van der Waals surface area contributed by atoms with Gasteiger partial charge < -0.3 is 14.8 Å². The highest BCUT2D eigenvalue weighted by molar-refractivity contribution is 5.94. The Bertz CT molecular complexity index is 827. The largest absolute Gasteiger partial charge is 0.493 e. The third-order valence-electron chi connectivity index (χ3n) is 3.49. The molecule has 8 nitrogen and oxygen atoms in total. The van der Waals surface area contributed by atoms with Crippen LogP contribution in [-0.4, -0.2) is 25.1 Å². The van der Waals surface area contributed by atoms with Crippen molar-refractivity contribution in [3.63, 3.8) is 0 Å². The molecule has 0 radical (unpaired) electrons. The van der Waals surface area contributed by atoms with Gasteiger partial charge in [-0.1, -0.05) is 12.1 Å². The van der Waals surface area contributed by atoms with Crippen LogP contribution in [-0.2, 0) is 0 Å². The van der Waals surface area contributed by atoms with Crippen molar-refractivity contribution in [2.45, 2.75) is 6.04 Å². The van der Waals surface area contributed by atoms with E-state index in [1.807, 2.05) is 6.07 Å². The fraction of sp³-hybridized carbons (Fsp3) is 0.176. The van der Waals surface area contributed by atoms with Gasteiger partial charge in [0.2, 0.25) is 0 Å². The summed E-state index contributed by atoms with van der Waals surface area (Å²) in [5, 5.41) is 22.7. The van der Waals surface area contributed by atoms with Crippen LogP contribution >= 0.6 is 0 Å². The Morgan fingerprint density at radius 2 is 1.88 bits per heavy atom. The molecule has 0 saturated heterocycles. The number of ether oxygens (including phenoxy) is 2. The van der Waals surface area contributed by atoms with Gasteiger partial charge in [-0.2, -0.15) is 5.26 Å². The third kappa shape index (κ3) is 3.84. The van der Waals surface area contributed by atoms with E-state index >= 15 is 0 Å². The Hall–Kier alpha value is -3.60. The zero-order valence-electron chi connectivity index (χ0n) is 13.6. The second-order valence-corrected chi connectivity index (χ2v) is 4.92. The van der Waals surface area contributed by atoms with Crippen LogP contribution in [0.2, 0.25) is 0 Å². The molecule has 0 aromatic heterocycles. The summed E-state index contributed by atoms with van der Waals surface area (Å²) in [5.74, 6) is 0.247. The number of carbonyl (C=O) groups is 1. The SMILES string of the molecule is COc1cccc(C(C#N)NC(=O)c2ccc([N+](=O)[O-])cc2)c1OC. The highest BCUT2D eigenvalue weighted by Crippen LogP contribution is 2.34. The predicted molar refractivity (Wildman–Crippen MR) is 88.5 cm³/mol. The Balaban J connectivity index is 2.27. The number of nitriles is 1. The Morgan fingerprint density at radius 3 is 2.40 bits per heavy atom. The lowest BCUT2D eigenvalue weighted by Crippen LogP contribution is -2.28. The fourth-order valence-electron chi connectivity index (χ4n) is 2.27. The minimum Gasteiger partial charge on any atom is -0.493 e. The molecule has 0 aliphatic carbocycles. The van der Waals surface area contributed by atoms with Gasteiger partial charge in [-0.25, -0.2) is 0 Å². The Kier molecular flexibility index (Phi) is 5.53. The monoisotopic (exact) mass is 341 g/mol. The molecule has 1 N–H and O–H groups in total. The number of hydrogen-bond acceptors (Lipinski definition) is 6. The van der Waals surface area contributed by atoms with Crippen molar-refractivity contribution < 1.29 is 19.2 Å². The summed E-state index contributed by atoms with van der Waals surface area (Å²) in [7, 11) is 2.91. The molecule has 1 atom stereocenters. The van der Waals surface area contributed by atoms with E-state index in [0.29, 0.717) is 17.1 Å². The minimum absolute atomic E-state index is 0.122. The van der Waals surface area contributed by atoms with E-state index in [2.05, 4.69) is 5.32 Å². The number of hydrogen-bond donors (Lipinski definition) is 1. The number of nitro groups is 1. The molecule has 2 rings (SSSR count). The molecule has 0 aliphatic heterocycles. The molecule has 0 fully saturated rings. The second kappa shape index (κ2) is 7.79. The Labute approximate surface area is 143 Å². The molecule has 8 heteroatoms. The minimum atomic E-state index is -0.979. The second-order valence-electron chi connectivity index (χ2n) is 4.92. The molecule has 0 bridgehead atoms. The molecule has 0 heterocycles. The van der Waals surface area contributed by atoms with Gasteiger partial charge >= 0.3 is 0 Å². The molecule has 0 saturated carbocycles. The number of rotatable bonds is 6. The average Bonchev–Trinajstić information content (AvgIpc) is 2.65. The summed E-state index contributed by atoms with van der Waals surface area (Å²) < 4.78 is 10.5. The molecule has 1 amide bonds. The van der Waals surface area contributed by atoms with Gasteiger partial charge in [0.05, 0.1) is 25.2 Å². The van der Waals surface area contributed by atoms with Crippen LogP contribution in [0, 0.1) is 21.4 Å². The quantitative estimate of drug-likeness (QED) is 0.638. The lowest BCUT2D eigenvalue weighted by Gasteiger charge is -2.17. The number of carbonyl (C=O) groups excluding carboxylic acids is 1. The maximum absolute atomic E-state index is 12.3. The standard InChI is InChI=1S/C17H15N3O5/c1-24-15-5-3-4-13(16(15)25-2)14(10-18)19-17(21)11-6-8-12(9-7-11)20(22)23/h3-9,14H,1-2H3,(H,19,21). The van der Waals surface area contributed by atoms with Crippen molar-refractivity contribution in [3.8, 4) is 17.6 Å². The molecule has 25 heavy (non-hydrogen) atoms. The maximum atomic E-state index is 12.3. The van der Waals surface area contributed by atoms with Crippen molar-refractivity contribution in [1.29, 1.82) is 5.26 Å². The summed E-state index contributed by atoms with van der Waals surface area (Å²) in [6.07, 6.45) is 0. The molecule has 128 valence electrons. The van der Waals surface area contributed by atoms with E-state index in [0.717, 1.165) is 0 Å². The number of nitrogens with zero attached hydrogens (tertiary/aromatic N) is 2. The van der Waals surface area contributed by atoms with Gasteiger partial charge in [0.1, 0.15) is 6.04 Å². The predicted octanol–water partition coefficient (Wildman–Crippen LogP) is 2.61. The van der Waals surface area contributed by atoms with Crippen molar-refractivity contribution in [2.24, 2.45) is 0 Å². The molecular formula is C17H15N3O5. The van der Waals surface area contributed by atoms with E-state index in [-0.39, 0.29) is 11.3 Å². The smallest absolute Gasteiger partial charge is 0.269 e. The lowest BCUT2D eigenvalue weighted by atomic mass is 10.1. The number of amides is 1. The summed E-state index contributed by atoms with van der Waals surface area (Å²) in [5.41, 5.74) is 0.523. The third-order valence-corrected chi connectivity index (χ3v) is 3.49. The van der Waals surface area contributed by atoms with E-state index in [4.69, 9.17) is 9.47 Å². The summed E-state index contributed by atoms with van der Waals surface area (Å²) in [6, 6.07) is 11.1. The van der Waals surface area contributed by atoms with Gasteiger partial charge in [-0.05, 0) is 18.2 Å². The van der Waals surface area contributed by atoms with Gasteiger partial charge in [0, 0.05) is 23.3 Å². The molecule has 0 aliphatic rings. The molecule has 2 aromatic carbocycles. The summed E-state index contributed by atoms with van der Waals surface area (Å²) >= 11 is 0. The van der Waals surface area contributed by atoms with Gasteiger partial charge in [-0.15, -0.1) is 0 Å². The van der Waals surface area contributed by atoms with Crippen LogP contribution in [0.4, 0.5) is 5.69 Å². The van der Waals surface area contributed by atoms with Crippen LogP contribution in [0.25, 0.3) is 0 Å². The van der Waals surface area contributed by atoms with Crippen molar-refractivity contribution in [1.82, 2.24) is 5.32 Å². The zero-order chi connectivity index (χ0) is 18.4. The highest BCUT2D eigenvalue weighted by Gasteiger charge is 2.21. The zero-order valence-corrected chi connectivity index (χ0v) is 13.6. The maximum Gasteiger partial charge on any atom is 0.269 e. The normalized spacial score (nSPS) is 11.1. The summed E-state index contributed by atoms with van der Waals surface area (Å²) in [6.45, 7) is 0. The number of benzene rings is 2. The first kappa shape index (κ1) is 17.7. The van der Waals surface area contributed by atoms with Crippen molar-refractivity contribution >= 4 is 11.6 Å². The van der Waals surface area contributed by atoms with Crippen LogP contribution in [0.1, 0.15) is 22.0 Å². The molecule has 1 unspecified atom stereocenters. The number of non-ortho nitro benzene ring substituents is 1. The number of nitro benzene ring substituents is 1. The van der Waals surface area contributed by atoms with Crippen LogP contribution < -0.4 is 14.8 Å². The number of para-hydroxylation sites is 1. The number of methoxy groups -OCH3 is 2. The van der Waals surface area contributed by atoms with Gasteiger partial charge in [0.15, 0.2) is 11.5 Å². The van der Waals surface area contributed by atoms with E-state index in [9.17, 15) is 20.2 Å². The first-order valence-electron chi connectivity index (χ1n) is 7.17. The summed E-state index contributed by atoms with van der Waals surface area (Å²) in [4.78, 5) is 22.4. The van der Waals surface area contributed by atoms with E-state index in [1.165, 1.54) is 38.5 Å². The average molecular weight is 341 g/mol. The van der Waals surface area contributed by atoms with Crippen molar-refractivity contribution in [3.05, 3.63) is 63.7 Å². The lowest BCUT2D eigenvalue weighted by molar-refractivity contribution is -0.384. The first-order chi connectivity index (χ1) is 12.0. The molecule has 0 spiro atoms. The van der Waals surface area contributed by atoms with Crippen LogP contribution in [0.3, 0.4) is 0 Å². The van der Waals surface area contributed by atoms with Crippen molar-refractivity contribution in [2.75, 3.05) is 14.2 Å². The fourth-order valence-corrected chi connectivity index (χ4v) is 2.27. The molecular weight excluding hydrogens is 326 g/mol. The molecule has 2 aromatic rings. The van der Waals surface area contributed by atoms with Crippen LogP contribution in [0.15, 0.2) is 42.5 Å². The highest BCUT2D eigenvalue weighted by atomic mass is 16.6. The topological polar surface area (TPSA) is 114 Å². The Morgan fingerprint density at radius 1 is 1.20 bits per heavy atom. The number of nitrogens with one attached hydrogen (secondary N) is 1. The van der Waals surface area contributed by atoms with E-state index < -0.39 is 16.9 Å². The van der Waals surface area contributed by atoms with Crippen LogP contribution in [0.5, 0.6) is 11.5 Å². The van der Waals surface area contributed by atoms with Gasteiger partial charge in [-0.3, -0.25) is 14.9 Å². The first-order valence-corrected chi connectivity index (χ1v) is 7.17. The van der Waals surface area contributed by atoms with E-state index in [1.54, 1.807) is 18.2 Å².